The highest BCUT2D eigenvalue weighted by molar-refractivity contribution is 7.90. The van der Waals surface area contributed by atoms with Crippen LogP contribution in [0.2, 0.25) is 5.02 Å². The molecule has 0 unspecified atom stereocenters. The predicted octanol–water partition coefficient (Wildman–Crippen LogP) is 5.53. The molecule has 0 aliphatic heterocycles. The molecule has 0 spiro atoms. The molecular formula is C26H32ClN3O3S. The number of benzene rings is 2. The molecule has 0 saturated heterocycles. The number of rotatable bonds is 9. The molecule has 8 heteroatoms. The number of imidazole rings is 1. The topological polar surface area (TPSA) is 72.3 Å². The average Bonchev–Trinajstić information content (AvgIpc) is 3.14. The minimum Gasteiger partial charge on any atom is -0.330 e. The number of halogens is 1. The second-order valence-electron chi connectivity index (χ2n) is 9.27. The van der Waals surface area contributed by atoms with Gasteiger partial charge >= 0.3 is 0 Å². The van der Waals surface area contributed by atoms with Crippen molar-refractivity contribution in [1.29, 1.82) is 0 Å². The summed E-state index contributed by atoms with van der Waals surface area (Å²) in [6, 6.07) is 14.2. The van der Waals surface area contributed by atoms with Gasteiger partial charge in [0.15, 0.2) is 0 Å². The first-order chi connectivity index (χ1) is 16.0. The second kappa shape index (κ2) is 10.7. The number of carbonyl (C=O) groups excluding carboxylic acids is 1. The lowest BCUT2D eigenvalue weighted by atomic mass is 10.1. The van der Waals surface area contributed by atoms with E-state index in [9.17, 15) is 13.2 Å². The zero-order valence-electron chi connectivity index (χ0n) is 20.3. The molecule has 3 rings (SSSR count). The summed E-state index contributed by atoms with van der Waals surface area (Å²) in [7, 11) is -3.73. The van der Waals surface area contributed by atoms with Gasteiger partial charge in [0.1, 0.15) is 0 Å². The smallest absolute Gasteiger partial charge is 0.254 e. The van der Waals surface area contributed by atoms with Crippen molar-refractivity contribution in [2.45, 2.75) is 64.7 Å². The van der Waals surface area contributed by atoms with E-state index in [1.807, 2.05) is 58.9 Å². The van der Waals surface area contributed by atoms with Gasteiger partial charge in [-0.3, -0.25) is 4.79 Å². The Bertz CT molecular complexity index is 1270. The summed E-state index contributed by atoms with van der Waals surface area (Å²) in [6.45, 7) is 10.6. The highest BCUT2D eigenvalue weighted by Gasteiger charge is 2.27. The number of aryl methyl sites for hydroxylation is 1. The van der Waals surface area contributed by atoms with Crippen molar-refractivity contribution in [2.24, 2.45) is 5.92 Å². The van der Waals surface area contributed by atoms with E-state index in [0.717, 1.165) is 5.56 Å². The Morgan fingerprint density at radius 2 is 1.79 bits per heavy atom. The van der Waals surface area contributed by atoms with E-state index in [-0.39, 0.29) is 35.3 Å². The Hall–Kier alpha value is -2.64. The third-order valence-electron chi connectivity index (χ3n) is 5.57. The lowest BCUT2D eigenvalue weighted by Crippen LogP contribution is -2.37. The number of aromatic nitrogens is 2. The first-order valence-electron chi connectivity index (χ1n) is 11.4. The van der Waals surface area contributed by atoms with E-state index >= 15 is 0 Å². The van der Waals surface area contributed by atoms with Crippen LogP contribution in [0.5, 0.6) is 0 Å². The van der Waals surface area contributed by atoms with Crippen molar-refractivity contribution in [3.8, 4) is 0 Å². The molecule has 0 aliphatic rings. The molecule has 0 bridgehead atoms. The fourth-order valence-electron chi connectivity index (χ4n) is 3.87. The Morgan fingerprint density at radius 3 is 2.41 bits per heavy atom. The van der Waals surface area contributed by atoms with Gasteiger partial charge in [0.25, 0.3) is 5.91 Å². The Kier molecular flexibility index (Phi) is 8.21. The predicted molar refractivity (Wildman–Crippen MR) is 136 cm³/mol. The normalized spacial score (nSPS) is 11.9. The molecular weight excluding hydrogens is 470 g/mol. The van der Waals surface area contributed by atoms with E-state index in [4.69, 9.17) is 11.6 Å². The monoisotopic (exact) mass is 501 g/mol. The third-order valence-corrected chi connectivity index (χ3v) is 7.40. The van der Waals surface area contributed by atoms with Crippen LogP contribution in [-0.2, 0) is 28.7 Å². The van der Waals surface area contributed by atoms with Crippen LogP contribution in [0.1, 0.15) is 54.9 Å². The summed E-state index contributed by atoms with van der Waals surface area (Å²) in [4.78, 5) is 19.5. The van der Waals surface area contributed by atoms with Gasteiger partial charge in [-0.15, -0.1) is 0 Å². The van der Waals surface area contributed by atoms with Gasteiger partial charge in [0.2, 0.25) is 15.0 Å². The van der Waals surface area contributed by atoms with Crippen molar-refractivity contribution >= 4 is 27.3 Å². The maximum Gasteiger partial charge on any atom is 0.254 e. The van der Waals surface area contributed by atoms with Crippen LogP contribution in [-0.4, -0.2) is 34.8 Å². The molecule has 0 fully saturated rings. The number of nitrogens with zero attached hydrogens (tertiary/aromatic N) is 3. The Balaban J connectivity index is 1.98. The number of amides is 1. The molecule has 0 aliphatic carbocycles. The zero-order chi connectivity index (χ0) is 25.0. The molecule has 182 valence electrons. The summed E-state index contributed by atoms with van der Waals surface area (Å²) in [5.74, 6) is -0.0978. The molecule has 1 amide bonds. The summed E-state index contributed by atoms with van der Waals surface area (Å²) in [5, 5.41) is 0.504. The number of carbonyl (C=O) groups is 1. The molecule has 0 atom stereocenters. The van der Waals surface area contributed by atoms with Crippen molar-refractivity contribution in [1.82, 2.24) is 14.5 Å². The molecule has 6 nitrogen and oxygen atoms in total. The lowest BCUT2D eigenvalue weighted by molar-refractivity contribution is 0.0684. The molecule has 0 N–H and O–H groups in total. The van der Waals surface area contributed by atoms with E-state index in [2.05, 4.69) is 4.98 Å². The minimum atomic E-state index is -3.73. The van der Waals surface area contributed by atoms with Crippen LogP contribution >= 0.6 is 11.6 Å². The van der Waals surface area contributed by atoms with Gasteiger partial charge in [-0.25, -0.2) is 13.4 Å². The van der Waals surface area contributed by atoms with E-state index in [1.54, 1.807) is 39.9 Å². The van der Waals surface area contributed by atoms with Gasteiger partial charge in [0, 0.05) is 23.2 Å². The van der Waals surface area contributed by atoms with Gasteiger partial charge < -0.3 is 9.47 Å². The quantitative estimate of drug-likeness (QED) is 0.386. The SMILES string of the molecule is Cc1ccccc1C(=O)N(Cc1cnc(S(=O)(=O)Cc2cccc(Cl)c2)n1CC(C)C)C(C)C. The maximum absolute atomic E-state index is 13.4. The first kappa shape index (κ1) is 26.0. The van der Waals surface area contributed by atoms with Crippen LogP contribution in [0.25, 0.3) is 0 Å². The van der Waals surface area contributed by atoms with E-state index in [1.165, 1.54) is 0 Å². The second-order valence-corrected chi connectivity index (χ2v) is 11.6. The lowest BCUT2D eigenvalue weighted by Gasteiger charge is -2.28. The van der Waals surface area contributed by atoms with Gasteiger partial charge in [0.05, 0.1) is 24.2 Å². The third kappa shape index (κ3) is 6.07. The van der Waals surface area contributed by atoms with Crippen molar-refractivity contribution < 1.29 is 13.2 Å². The Labute approximate surface area is 207 Å². The van der Waals surface area contributed by atoms with Crippen LogP contribution in [0.15, 0.2) is 59.9 Å². The summed E-state index contributed by atoms with van der Waals surface area (Å²) in [5.41, 5.74) is 2.83. The van der Waals surface area contributed by atoms with Crippen molar-refractivity contribution in [2.75, 3.05) is 0 Å². The largest absolute Gasteiger partial charge is 0.330 e. The maximum atomic E-state index is 13.4. The van der Waals surface area contributed by atoms with Crippen LogP contribution in [0.3, 0.4) is 0 Å². The van der Waals surface area contributed by atoms with Crippen LogP contribution in [0, 0.1) is 12.8 Å². The molecule has 0 saturated carbocycles. The standard InChI is InChI=1S/C26H32ClN3O3S/c1-18(2)15-30-23(16-29(19(3)4)25(31)24-12-7-6-9-20(24)5)14-28-26(30)34(32,33)17-21-10-8-11-22(27)13-21/h6-14,18-19H,15-17H2,1-5H3. The number of sulfone groups is 1. The van der Waals surface area contributed by atoms with Gasteiger partial charge in [-0.05, 0) is 56.0 Å². The zero-order valence-corrected chi connectivity index (χ0v) is 21.9. The molecule has 1 heterocycles. The number of hydrogen-bond donors (Lipinski definition) is 0. The summed E-state index contributed by atoms with van der Waals surface area (Å²) in [6.07, 6.45) is 1.58. The van der Waals surface area contributed by atoms with Crippen molar-refractivity contribution in [3.63, 3.8) is 0 Å². The first-order valence-corrected chi connectivity index (χ1v) is 13.4. The van der Waals surface area contributed by atoms with Gasteiger partial charge in [-0.2, -0.15) is 0 Å². The summed E-state index contributed by atoms with van der Waals surface area (Å²) >= 11 is 6.05. The Morgan fingerprint density at radius 1 is 1.09 bits per heavy atom. The van der Waals surface area contributed by atoms with Crippen molar-refractivity contribution in [3.05, 3.63) is 82.1 Å². The highest BCUT2D eigenvalue weighted by atomic mass is 35.5. The highest BCUT2D eigenvalue weighted by Crippen LogP contribution is 2.23. The molecule has 34 heavy (non-hydrogen) atoms. The number of hydrogen-bond acceptors (Lipinski definition) is 4. The average molecular weight is 502 g/mol. The fourth-order valence-corrected chi connectivity index (χ4v) is 5.57. The molecule has 2 aromatic carbocycles. The van der Waals surface area contributed by atoms with Crippen LogP contribution < -0.4 is 0 Å². The molecule has 0 radical (unpaired) electrons. The van der Waals surface area contributed by atoms with E-state index in [0.29, 0.717) is 28.4 Å². The summed E-state index contributed by atoms with van der Waals surface area (Å²) < 4.78 is 28.4. The minimum absolute atomic E-state index is 0.0169. The van der Waals surface area contributed by atoms with Crippen LogP contribution in [0.4, 0.5) is 0 Å². The van der Waals surface area contributed by atoms with E-state index < -0.39 is 9.84 Å². The molecule has 1 aromatic heterocycles. The van der Waals surface area contributed by atoms with Gasteiger partial charge in [-0.1, -0.05) is 55.8 Å². The fraction of sp³-hybridized carbons (Fsp3) is 0.385. The molecule has 3 aromatic rings.